The maximum absolute atomic E-state index is 13.3. The van der Waals surface area contributed by atoms with E-state index in [-0.39, 0.29) is 12.2 Å². The summed E-state index contributed by atoms with van der Waals surface area (Å²) >= 11 is 0. The summed E-state index contributed by atoms with van der Waals surface area (Å²) in [6.07, 6.45) is -6.71. The van der Waals surface area contributed by atoms with Gasteiger partial charge in [-0.2, -0.15) is 13.2 Å². The van der Waals surface area contributed by atoms with Crippen molar-refractivity contribution in [2.24, 2.45) is 4.99 Å². The van der Waals surface area contributed by atoms with E-state index < -0.39 is 24.9 Å². The second-order valence-corrected chi connectivity index (χ2v) is 8.30. The van der Waals surface area contributed by atoms with Crippen LogP contribution in [0.2, 0.25) is 0 Å². The number of halogens is 4. The van der Waals surface area contributed by atoms with Crippen molar-refractivity contribution in [3.63, 3.8) is 0 Å². The van der Waals surface area contributed by atoms with E-state index in [4.69, 9.17) is 0 Å². The van der Waals surface area contributed by atoms with Crippen LogP contribution in [0.3, 0.4) is 0 Å². The summed E-state index contributed by atoms with van der Waals surface area (Å²) in [4.78, 5) is 7.97. The second kappa shape index (κ2) is 9.46. The first-order chi connectivity index (χ1) is 16.1. The number of aliphatic imine (C=N–C) groups is 1. The summed E-state index contributed by atoms with van der Waals surface area (Å²) in [5, 5.41) is 11.4. The zero-order chi connectivity index (χ0) is 24.5. The molecule has 0 fully saturated rings. The molecule has 1 heterocycles. The van der Waals surface area contributed by atoms with Crippen molar-refractivity contribution in [3.05, 3.63) is 89.7 Å². The number of hydrogen-bond donors (Lipinski definition) is 1. The molecule has 2 unspecified atom stereocenters. The van der Waals surface area contributed by atoms with Crippen molar-refractivity contribution in [2.75, 3.05) is 11.9 Å². The fourth-order valence-corrected chi connectivity index (χ4v) is 4.27. The molecule has 3 aromatic carbocycles. The van der Waals surface area contributed by atoms with Crippen LogP contribution in [-0.2, 0) is 0 Å². The zero-order valence-corrected chi connectivity index (χ0v) is 18.8. The maximum atomic E-state index is 13.3. The Morgan fingerprint density at radius 1 is 1.00 bits per heavy atom. The van der Waals surface area contributed by atoms with Crippen LogP contribution in [0.4, 0.5) is 34.6 Å². The van der Waals surface area contributed by atoms with Gasteiger partial charge in [0.25, 0.3) is 0 Å². The Bertz CT molecular complexity index is 1160. The van der Waals surface area contributed by atoms with Gasteiger partial charge in [0, 0.05) is 30.4 Å². The van der Waals surface area contributed by atoms with E-state index in [0.29, 0.717) is 22.6 Å². The molecule has 0 amide bonds. The topological polar surface area (TPSA) is 39.1 Å². The fourth-order valence-electron chi connectivity index (χ4n) is 4.27. The first-order valence-corrected chi connectivity index (χ1v) is 10.9. The highest BCUT2D eigenvalue weighted by atomic mass is 19.4. The first kappa shape index (κ1) is 23.8. The number of fused-ring (bicyclic) bond motifs is 1. The molecule has 0 saturated carbocycles. The number of aliphatic hydroxyl groups excluding tert-OH is 1. The lowest BCUT2D eigenvalue weighted by Gasteiger charge is -2.40. The Morgan fingerprint density at radius 2 is 1.65 bits per heavy atom. The normalized spacial score (nSPS) is 16.6. The summed E-state index contributed by atoms with van der Waals surface area (Å²) in [5.41, 5.74) is 3.19. The monoisotopic (exact) mass is 471 g/mol. The van der Waals surface area contributed by atoms with Crippen LogP contribution in [0.1, 0.15) is 43.2 Å². The molecule has 0 bridgehead atoms. The molecule has 8 heteroatoms. The number of rotatable bonds is 6. The van der Waals surface area contributed by atoms with Gasteiger partial charge in [-0.3, -0.25) is 0 Å². The molecule has 4 rings (SSSR count). The van der Waals surface area contributed by atoms with E-state index in [1.54, 1.807) is 66.4 Å². The summed E-state index contributed by atoms with van der Waals surface area (Å²) in [5.74, 6) is 0.0972. The van der Waals surface area contributed by atoms with Crippen molar-refractivity contribution >= 4 is 22.9 Å². The zero-order valence-electron chi connectivity index (χ0n) is 18.8. The van der Waals surface area contributed by atoms with Crippen LogP contribution in [0, 0.1) is 5.82 Å². The molecule has 0 saturated heterocycles. The van der Waals surface area contributed by atoms with Gasteiger partial charge >= 0.3 is 6.18 Å². The van der Waals surface area contributed by atoms with Crippen LogP contribution < -0.4 is 4.90 Å². The van der Waals surface area contributed by atoms with E-state index in [1.165, 1.54) is 12.1 Å². The van der Waals surface area contributed by atoms with E-state index in [1.807, 2.05) is 18.0 Å². The predicted octanol–water partition coefficient (Wildman–Crippen LogP) is 7.03. The third-order valence-electron chi connectivity index (χ3n) is 6.03. The third kappa shape index (κ3) is 5.07. The molecule has 34 heavy (non-hydrogen) atoms. The molecule has 1 aliphatic heterocycles. The Morgan fingerprint density at radius 3 is 2.29 bits per heavy atom. The van der Waals surface area contributed by atoms with Gasteiger partial charge in [-0.1, -0.05) is 30.3 Å². The number of alkyl halides is 3. The Kier molecular flexibility index (Phi) is 6.61. The lowest BCUT2D eigenvalue weighted by Crippen LogP contribution is -2.39. The number of aliphatic hydroxyl groups is 1. The molecule has 1 N–H and O–H groups in total. The second-order valence-electron chi connectivity index (χ2n) is 8.30. The minimum Gasteiger partial charge on any atom is -0.369 e. The third-order valence-corrected chi connectivity index (χ3v) is 6.03. The van der Waals surface area contributed by atoms with Gasteiger partial charge in [0.2, 0.25) is 0 Å². The molecule has 178 valence electrons. The fraction of sp³-hybridized carbons (Fsp3) is 0.269. The summed E-state index contributed by atoms with van der Waals surface area (Å²) in [6, 6.07) is 19.5. The molecule has 0 aliphatic carbocycles. The summed E-state index contributed by atoms with van der Waals surface area (Å²) < 4.78 is 52.7. The van der Waals surface area contributed by atoms with Gasteiger partial charge in [-0.05, 0) is 61.4 Å². The number of benzene rings is 3. The van der Waals surface area contributed by atoms with Gasteiger partial charge < -0.3 is 14.9 Å². The lowest BCUT2D eigenvalue weighted by molar-refractivity contribution is -0.139. The van der Waals surface area contributed by atoms with Crippen LogP contribution in [-0.4, -0.2) is 29.1 Å². The number of nitrogens with zero attached hydrogens (tertiary/aromatic N) is 3. The van der Waals surface area contributed by atoms with Gasteiger partial charge in [-0.25, -0.2) is 9.38 Å². The molecule has 1 aliphatic rings. The highest BCUT2D eigenvalue weighted by molar-refractivity contribution is 5.86. The highest BCUT2D eigenvalue weighted by Gasteiger charge is 2.36. The van der Waals surface area contributed by atoms with Gasteiger partial charge in [0.05, 0.1) is 11.7 Å². The molecule has 0 aromatic heterocycles. The molecular weight excluding hydrogens is 446 g/mol. The first-order valence-electron chi connectivity index (χ1n) is 10.9. The molecule has 0 radical (unpaired) electrons. The van der Waals surface area contributed by atoms with E-state index in [9.17, 15) is 22.7 Å². The van der Waals surface area contributed by atoms with Crippen molar-refractivity contribution in [2.45, 2.75) is 38.2 Å². The van der Waals surface area contributed by atoms with Gasteiger partial charge in [0.1, 0.15) is 11.7 Å². The van der Waals surface area contributed by atoms with Crippen LogP contribution in [0.15, 0.2) is 77.8 Å². The number of anilines is 2. The van der Waals surface area contributed by atoms with Crippen molar-refractivity contribution < 1.29 is 22.7 Å². The van der Waals surface area contributed by atoms with Crippen molar-refractivity contribution in [3.8, 4) is 0 Å². The maximum Gasteiger partial charge on any atom is 0.389 e. The quantitative estimate of drug-likeness (QED) is 0.392. The molecule has 0 spiro atoms. The average molecular weight is 471 g/mol. The van der Waals surface area contributed by atoms with E-state index in [2.05, 4.69) is 4.99 Å². The van der Waals surface area contributed by atoms with E-state index >= 15 is 0 Å². The Labute approximate surface area is 195 Å². The van der Waals surface area contributed by atoms with Crippen LogP contribution >= 0.6 is 0 Å². The standard InChI is InChI=1S/C26H25F4N3O/c1-17-31-23-13-12-21(32(2)20-10-8-19(27)9-11-20)16-22(23)25(34)33(17)24(14-15-26(28,29)30)18-6-4-3-5-7-18/h3-13,16,24-25,34H,14-15H2,1-2H3. The smallest absolute Gasteiger partial charge is 0.369 e. The minimum absolute atomic E-state index is 0.220. The van der Waals surface area contributed by atoms with Crippen molar-refractivity contribution in [1.29, 1.82) is 0 Å². The predicted molar refractivity (Wildman–Crippen MR) is 125 cm³/mol. The Balaban J connectivity index is 1.69. The molecular formula is C26H25F4N3O. The molecule has 2 atom stereocenters. The largest absolute Gasteiger partial charge is 0.389 e. The number of amidine groups is 1. The lowest BCUT2D eigenvalue weighted by atomic mass is 9.97. The Hall–Kier alpha value is -3.39. The minimum atomic E-state index is -4.32. The molecule has 3 aromatic rings. The average Bonchev–Trinajstić information content (AvgIpc) is 2.81. The van der Waals surface area contributed by atoms with Gasteiger partial charge in [-0.15, -0.1) is 0 Å². The van der Waals surface area contributed by atoms with E-state index in [0.717, 1.165) is 11.4 Å². The van der Waals surface area contributed by atoms with Crippen molar-refractivity contribution in [1.82, 2.24) is 4.90 Å². The van der Waals surface area contributed by atoms with Gasteiger partial charge in [0.15, 0.2) is 6.23 Å². The highest BCUT2D eigenvalue weighted by Crippen LogP contribution is 2.43. The summed E-state index contributed by atoms with van der Waals surface area (Å²) in [6.45, 7) is 1.69. The number of hydrogen-bond acceptors (Lipinski definition) is 4. The van der Waals surface area contributed by atoms with Crippen LogP contribution in [0.5, 0.6) is 0 Å². The van der Waals surface area contributed by atoms with Crippen LogP contribution in [0.25, 0.3) is 0 Å². The SMILES string of the molecule is CC1=Nc2ccc(N(C)c3ccc(F)cc3)cc2C(O)N1C(CCC(F)(F)F)c1ccccc1. The summed E-state index contributed by atoms with van der Waals surface area (Å²) in [7, 11) is 1.81. The molecule has 4 nitrogen and oxygen atoms in total.